The molecule has 0 unspecified atom stereocenters. The smallest absolute Gasteiger partial charge is 0.0256 e. The van der Waals surface area contributed by atoms with Gasteiger partial charge < -0.3 is 0 Å². The van der Waals surface area contributed by atoms with Crippen molar-refractivity contribution in [2.45, 2.75) is 181 Å². The third-order valence-corrected chi connectivity index (χ3v) is 7.91. The second-order valence-corrected chi connectivity index (χ2v) is 12.0. The second kappa shape index (κ2) is 31.4. The molecule has 0 fully saturated rings. The van der Waals surface area contributed by atoms with Crippen molar-refractivity contribution in [3.8, 4) is 47.4 Å². The fourth-order valence-corrected chi connectivity index (χ4v) is 5.17. The fourth-order valence-electron chi connectivity index (χ4n) is 5.17. The van der Waals surface area contributed by atoms with Crippen molar-refractivity contribution in [2.24, 2.45) is 0 Å². The van der Waals surface area contributed by atoms with Crippen LogP contribution >= 0.6 is 0 Å². The molecule has 0 radical (unpaired) electrons. The van der Waals surface area contributed by atoms with Crippen LogP contribution in [0.25, 0.3) is 0 Å². The molecule has 0 saturated heterocycles. The van der Waals surface area contributed by atoms with Crippen LogP contribution in [0.3, 0.4) is 0 Å². The molecule has 0 atom stereocenters. The third-order valence-electron chi connectivity index (χ3n) is 7.91. The maximum absolute atomic E-state index is 3.21. The van der Waals surface area contributed by atoms with E-state index >= 15 is 0 Å². The van der Waals surface area contributed by atoms with Crippen molar-refractivity contribution < 1.29 is 0 Å². The summed E-state index contributed by atoms with van der Waals surface area (Å²) >= 11 is 0. The van der Waals surface area contributed by atoms with Gasteiger partial charge in [-0.3, -0.25) is 0 Å². The number of hydrogen-bond donors (Lipinski definition) is 0. The van der Waals surface area contributed by atoms with E-state index in [1.165, 1.54) is 154 Å². The molecule has 1 rings (SSSR count). The summed E-state index contributed by atoms with van der Waals surface area (Å²) in [5, 5.41) is 0. The molecule has 0 nitrogen and oxygen atoms in total. The van der Waals surface area contributed by atoms with E-state index in [9.17, 15) is 0 Å². The Morgan fingerprint density at radius 1 is 0.333 bits per heavy atom. The summed E-state index contributed by atoms with van der Waals surface area (Å²) in [5.74, 6) is 24.7. The Labute approximate surface area is 263 Å². The number of hydrogen-bond acceptors (Lipinski definition) is 0. The molecule has 0 aromatic heterocycles. The lowest BCUT2D eigenvalue weighted by Crippen LogP contribution is -1.82. The molecule has 0 heterocycles. The summed E-state index contributed by atoms with van der Waals surface area (Å²) in [5.41, 5.74) is 1.97. The Hall–Kier alpha value is -2.54. The second-order valence-electron chi connectivity index (χ2n) is 12.0. The van der Waals surface area contributed by atoms with E-state index in [1.807, 2.05) is 24.3 Å². The van der Waals surface area contributed by atoms with Crippen molar-refractivity contribution in [3.05, 3.63) is 35.4 Å². The fraction of sp³-hybridized carbons (Fsp3) is 0.667. The zero-order valence-electron chi connectivity index (χ0n) is 27.7. The van der Waals surface area contributed by atoms with Gasteiger partial charge in [0.25, 0.3) is 0 Å². The first-order valence-corrected chi connectivity index (χ1v) is 17.9. The Bertz CT molecular complexity index is 897. The summed E-state index contributed by atoms with van der Waals surface area (Å²) in [4.78, 5) is 0. The summed E-state index contributed by atoms with van der Waals surface area (Å²) < 4.78 is 0. The van der Waals surface area contributed by atoms with E-state index in [1.54, 1.807) is 0 Å². The first-order valence-electron chi connectivity index (χ1n) is 17.9. The molecular formula is C42H62. The summed E-state index contributed by atoms with van der Waals surface area (Å²) in [6.07, 6.45) is 35.0. The summed E-state index contributed by atoms with van der Waals surface area (Å²) in [6, 6.07) is 8.07. The quantitative estimate of drug-likeness (QED) is 0.0862. The van der Waals surface area contributed by atoms with Crippen LogP contribution < -0.4 is 0 Å². The normalized spacial score (nSPS) is 9.95. The van der Waals surface area contributed by atoms with Crippen LogP contribution in [0, 0.1) is 47.4 Å². The van der Waals surface area contributed by atoms with Crippen molar-refractivity contribution in [1.82, 2.24) is 0 Å². The Balaban J connectivity index is 2.03. The van der Waals surface area contributed by atoms with Crippen LogP contribution in [0.15, 0.2) is 24.3 Å². The minimum Gasteiger partial charge on any atom is -0.0891 e. The van der Waals surface area contributed by atoms with Crippen LogP contribution in [0.2, 0.25) is 0 Å². The SMILES string of the molecule is CCCCCCCCCCCCCCC#CC#Cc1ccc(C#CC#CCCCCCCCCCCCCCC)cc1. The van der Waals surface area contributed by atoms with Crippen molar-refractivity contribution >= 4 is 0 Å². The van der Waals surface area contributed by atoms with Crippen LogP contribution in [-0.4, -0.2) is 0 Å². The predicted molar refractivity (Wildman–Crippen MR) is 187 cm³/mol. The largest absolute Gasteiger partial charge is 0.0891 e. The molecule has 0 bridgehead atoms. The van der Waals surface area contributed by atoms with Gasteiger partial charge in [0.1, 0.15) is 0 Å². The minimum absolute atomic E-state index is 0.959. The van der Waals surface area contributed by atoms with Crippen molar-refractivity contribution in [1.29, 1.82) is 0 Å². The van der Waals surface area contributed by atoms with Gasteiger partial charge in [0.15, 0.2) is 0 Å². The van der Waals surface area contributed by atoms with Gasteiger partial charge in [0, 0.05) is 24.0 Å². The summed E-state index contributed by atoms with van der Waals surface area (Å²) in [7, 11) is 0. The van der Waals surface area contributed by atoms with Crippen LogP contribution in [0.1, 0.15) is 192 Å². The zero-order chi connectivity index (χ0) is 30.0. The van der Waals surface area contributed by atoms with Gasteiger partial charge >= 0.3 is 0 Å². The maximum atomic E-state index is 3.21. The molecular weight excluding hydrogens is 504 g/mol. The number of unbranched alkanes of at least 4 members (excludes halogenated alkanes) is 24. The highest BCUT2D eigenvalue weighted by atomic mass is 14.0. The van der Waals surface area contributed by atoms with Gasteiger partial charge in [-0.2, -0.15) is 0 Å². The van der Waals surface area contributed by atoms with Crippen molar-refractivity contribution in [2.75, 3.05) is 0 Å². The number of benzene rings is 1. The highest BCUT2D eigenvalue weighted by Crippen LogP contribution is 2.13. The number of rotatable bonds is 24. The van der Waals surface area contributed by atoms with E-state index in [0.29, 0.717) is 0 Å². The van der Waals surface area contributed by atoms with E-state index in [0.717, 1.165) is 24.0 Å². The monoisotopic (exact) mass is 566 g/mol. The van der Waals surface area contributed by atoms with Gasteiger partial charge in [-0.1, -0.05) is 179 Å². The molecule has 0 spiro atoms. The first kappa shape index (κ1) is 37.5. The van der Waals surface area contributed by atoms with Gasteiger partial charge in [-0.15, -0.1) is 0 Å². The van der Waals surface area contributed by atoms with Crippen LogP contribution in [-0.2, 0) is 0 Å². The molecule has 0 saturated carbocycles. The average Bonchev–Trinajstić information content (AvgIpc) is 3.01. The molecule has 1 aromatic rings. The van der Waals surface area contributed by atoms with Crippen LogP contribution in [0.5, 0.6) is 0 Å². The molecule has 0 heteroatoms. The first-order chi connectivity index (χ1) is 20.9. The van der Waals surface area contributed by atoms with E-state index in [2.05, 4.69) is 61.2 Å². The van der Waals surface area contributed by atoms with Crippen molar-refractivity contribution in [3.63, 3.8) is 0 Å². The lowest BCUT2D eigenvalue weighted by molar-refractivity contribution is 0.545. The Kier molecular flexibility index (Phi) is 28.0. The molecule has 230 valence electrons. The third kappa shape index (κ3) is 26.4. The predicted octanol–water partition coefficient (Wildman–Crippen LogP) is 12.6. The minimum atomic E-state index is 0.959. The molecule has 0 aliphatic heterocycles. The molecule has 0 N–H and O–H groups in total. The Morgan fingerprint density at radius 2 is 0.595 bits per heavy atom. The lowest BCUT2D eigenvalue weighted by Gasteiger charge is -2.01. The van der Waals surface area contributed by atoms with E-state index in [4.69, 9.17) is 0 Å². The lowest BCUT2D eigenvalue weighted by atomic mass is 10.0. The summed E-state index contributed by atoms with van der Waals surface area (Å²) in [6.45, 7) is 4.57. The van der Waals surface area contributed by atoms with Gasteiger partial charge in [0.05, 0.1) is 0 Å². The zero-order valence-corrected chi connectivity index (χ0v) is 27.7. The average molecular weight is 567 g/mol. The molecule has 42 heavy (non-hydrogen) atoms. The maximum Gasteiger partial charge on any atom is 0.0256 e. The van der Waals surface area contributed by atoms with E-state index < -0.39 is 0 Å². The molecule has 0 aliphatic rings. The van der Waals surface area contributed by atoms with Gasteiger partial charge in [-0.25, -0.2) is 0 Å². The van der Waals surface area contributed by atoms with E-state index in [-0.39, 0.29) is 0 Å². The van der Waals surface area contributed by atoms with Crippen LogP contribution in [0.4, 0.5) is 0 Å². The van der Waals surface area contributed by atoms with Gasteiger partial charge in [-0.05, 0) is 60.8 Å². The highest BCUT2D eigenvalue weighted by Gasteiger charge is 1.94. The van der Waals surface area contributed by atoms with Gasteiger partial charge in [0.2, 0.25) is 0 Å². The molecule has 0 amide bonds. The highest BCUT2D eigenvalue weighted by molar-refractivity contribution is 5.45. The topological polar surface area (TPSA) is 0 Å². The molecule has 1 aromatic carbocycles. The standard InChI is InChI=1S/C42H62/c1-3-5-7-9-11-13-15-17-19-21-23-25-27-29-31-33-35-41-37-39-42(40-38-41)36-34-32-30-28-26-24-22-20-18-16-14-12-10-8-6-4-2/h37-40H,3-28H2,1-2H3. The Morgan fingerprint density at radius 3 is 0.881 bits per heavy atom. The molecule has 0 aliphatic carbocycles.